The summed E-state index contributed by atoms with van der Waals surface area (Å²) in [5.74, 6) is 0.252. The minimum atomic E-state index is -0.617. The third kappa shape index (κ3) is 8.89. The molecule has 4 rings (SSSR count). The fourth-order valence-electron chi connectivity index (χ4n) is 4.49. The van der Waals surface area contributed by atoms with Crippen molar-refractivity contribution in [2.75, 3.05) is 13.2 Å². The van der Waals surface area contributed by atoms with Crippen molar-refractivity contribution in [3.63, 3.8) is 0 Å². The first kappa shape index (κ1) is 32.7. The van der Waals surface area contributed by atoms with Crippen LogP contribution in [0.2, 0.25) is 0 Å². The Hall–Kier alpha value is -4.23. The van der Waals surface area contributed by atoms with Crippen LogP contribution in [-0.2, 0) is 27.4 Å². The van der Waals surface area contributed by atoms with Gasteiger partial charge in [-0.25, -0.2) is 10.2 Å². The number of hydrogen-bond acceptors (Lipinski definition) is 7. The lowest BCUT2D eigenvalue weighted by Gasteiger charge is -2.30. The minimum absolute atomic E-state index is 0.229. The van der Waals surface area contributed by atoms with Crippen LogP contribution in [0.3, 0.4) is 0 Å². The van der Waals surface area contributed by atoms with Gasteiger partial charge in [-0.05, 0) is 108 Å². The van der Waals surface area contributed by atoms with Crippen LogP contribution in [0.1, 0.15) is 42.1 Å². The summed E-state index contributed by atoms with van der Waals surface area (Å²) >= 11 is 7.60. The molecule has 0 saturated heterocycles. The van der Waals surface area contributed by atoms with Gasteiger partial charge in [0.1, 0.15) is 18.1 Å². The molecule has 3 aromatic rings. The first-order valence-electron chi connectivity index (χ1n) is 13.9. The lowest BCUT2D eigenvalue weighted by atomic mass is 9.95. The maximum Gasteiger partial charge on any atom is 0.338 e. The van der Waals surface area contributed by atoms with Crippen molar-refractivity contribution in [3.8, 4) is 11.5 Å². The van der Waals surface area contributed by atoms with Crippen LogP contribution in [0.25, 0.3) is 0 Å². The average molecular weight is 725 g/mol. The molecule has 1 aliphatic heterocycles. The van der Waals surface area contributed by atoms with E-state index in [0.29, 0.717) is 40.7 Å². The normalized spacial score (nSPS) is 14.4. The summed E-state index contributed by atoms with van der Waals surface area (Å²) in [5, 5.41) is 10.5. The highest BCUT2D eigenvalue weighted by molar-refractivity contribution is 14.1. The van der Waals surface area contributed by atoms with E-state index < -0.39 is 17.9 Å². The number of para-hydroxylation sites is 1. The van der Waals surface area contributed by atoms with Gasteiger partial charge in [0.15, 0.2) is 11.7 Å². The van der Waals surface area contributed by atoms with E-state index in [9.17, 15) is 9.59 Å². The first-order valence-corrected chi connectivity index (χ1v) is 15.4. The van der Waals surface area contributed by atoms with Gasteiger partial charge in [0, 0.05) is 14.8 Å². The number of thiocarbonyl (C=S) groups is 1. The first-order chi connectivity index (χ1) is 21.3. The lowest BCUT2D eigenvalue weighted by Crippen LogP contribution is -2.45. The van der Waals surface area contributed by atoms with E-state index in [4.69, 9.17) is 26.4 Å². The molecule has 1 aliphatic rings. The number of hydrogen-bond donors (Lipinski definition) is 3. The van der Waals surface area contributed by atoms with Gasteiger partial charge in [-0.1, -0.05) is 36.4 Å². The SMILES string of the molecule is C=CCc1cc(C=NNC(=O)COc2ccccc2[C@@H]2NC(=S)NC(C)=C2C(=O)OCC)ccc1OCc1ccc(I)cc1. The molecule has 0 spiro atoms. The molecule has 0 unspecified atom stereocenters. The molecule has 0 aromatic heterocycles. The largest absolute Gasteiger partial charge is 0.489 e. The van der Waals surface area contributed by atoms with E-state index in [2.05, 4.69) is 50.3 Å². The number of allylic oxidation sites excluding steroid dienone is 2. The van der Waals surface area contributed by atoms with Crippen LogP contribution in [0.15, 0.2) is 95.8 Å². The Morgan fingerprint density at radius 2 is 1.86 bits per heavy atom. The van der Waals surface area contributed by atoms with Gasteiger partial charge in [-0.2, -0.15) is 5.10 Å². The molecule has 3 N–H and O–H groups in total. The third-order valence-corrected chi connectivity index (χ3v) is 7.45. The average Bonchev–Trinajstić information content (AvgIpc) is 3.00. The van der Waals surface area contributed by atoms with Gasteiger partial charge < -0.3 is 24.8 Å². The van der Waals surface area contributed by atoms with Crippen LogP contribution < -0.4 is 25.5 Å². The van der Waals surface area contributed by atoms with Crippen LogP contribution in [0, 0.1) is 3.57 Å². The molecule has 0 saturated carbocycles. The Bertz CT molecular complexity index is 1590. The van der Waals surface area contributed by atoms with E-state index in [0.717, 1.165) is 22.4 Å². The maximum atomic E-state index is 12.8. The smallest absolute Gasteiger partial charge is 0.338 e. The molecular weight excluding hydrogens is 691 g/mol. The summed E-state index contributed by atoms with van der Waals surface area (Å²) in [6.07, 6.45) is 3.98. The summed E-state index contributed by atoms with van der Waals surface area (Å²) < 4.78 is 18.4. The van der Waals surface area contributed by atoms with Gasteiger partial charge in [-0.3, -0.25) is 4.79 Å². The monoisotopic (exact) mass is 724 g/mol. The van der Waals surface area contributed by atoms with Crippen molar-refractivity contribution in [2.24, 2.45) is 5.10 Å². The Morgan fingerprint density at radius 3 is 2.61 bits per heavy atom. The number of nitrogens with one attached hydrogen (secondary N) is 3. The Balaban J connectivity index is 1.38. The summed E-state index contributed by atoms with van der Waals surface area (Å²) in [5.41, 5.74) is 6.92. The summed E-state index contributed by atoms with van der Waals surface area (Å²) in [6.45, 7) is 7.73. The van der Waals surface area contributed by atoms with Crippen molar-refractivity contribution in [2.45, 2.75) is 32.9 Å². The summed E-state index contributed by atoms with van der Waals surface area (Å²) in [4.78, 5) is 25.4. The standard InChI is InChI=1S/C33H33IN4O5S/c1-4-8-24-17-23(13-16-27(24)42-19-22-11-14-25(34)15-12-22)18-35-38-29(39)20-43-28-10-7-6-9-26(28)31-30(32(40)41-5-2)21(3)36-33(44)37-31/h4,6-7,9-18,31H,1,5,8,19-20H2,2-3H3,(H,38,39)(H2,36,37,44)/t31-/m0/s1. The Morgan fingerprint density at radius 1 is 1.09 bits per heavy atom. The molecular formula is C33H33IN4O5S. The van der Waals surface area contributed by atoms with Crippen molar-refractivity contribution in [1.29, 1.82) is 0 Å². The fraction of sp³-hybridized carbons (Fsp3) is 0.212. The number of carbonyl (C=O) groups excluding carboxylic acids is 2. The summed E-state index contributed by atoms with van der Waals surface area (Å²) in [7, 11) is 0. The van der Waals surface area contributed by atoms with Crippen molar-refractivity contribution < 1.29 is 23.8 Å². The summed E-state index contributed by atoms with van der Waals surface area (Å²) in [6, 6.07) is 20.4. The number of halogens is 1. The van der Waals surface area contributed by atoms with Gasteiger partial charge in [0.05, 0.1) is 24.4 Å². The third-order valence-electron chi connectivity index (χ3n) is 6.51. The molecule has 1 atom stereocenters. The van der Waals surface area contributed by atoms with Gasteiger partial charge in [-0.15, -0.1) is 6.58 Å². The molecule has 0 radical (unpaired) electrons. The predicted molar refractivity (Wildman–Crippen MR) is 182 cm³/mol. The van der Waals surface area contributed by atoms with Crippen LogP contribution in [0.5, 0.6) is 11.5 Å². The Kier molecular flexibility index (Phi) is 11.9. The molecule has 3 aromatic carbocycles. The molecule has 1 amide bonds. The van der Waals surface area contributed by atoms with Crippen LogP contribution in [0.4, 0.5) is 0 Å². The minimum Gasteiger partial charge on any atom is -0.489 e. The number of esters is 1. The Labute approximate surface area is 275 Å². The molecule has 44 heavy (non-hydrogen) atoms. The topological polar surface area (TPSA) is 110 Å². The predicted octanol–water partition coefficient (Wildman–Crippen LogP) is 5.48. The number of rotatable bonds is 13. The molecule has 0 aliphatic carbocycles. The maximum absolute atomic E-state index is 12.8. The van der Waals surface area contributed by atoms with Crippen LogP contribution in [-0.4, -0.2) is 36.4 Å². The number of carbonyl (C=O) groups is 2. The fourth-order valence-corrected chi connectivity index (χ4v) is 5.12. The van der Waals surface area contributed by atoms with E-state index in [1.165, 1.54) is 3.57 Å². The number of amides is 1. The van der Waals surface area contributed by atoms with Crippen molar-refractivity contribution >= 4 is 58.0 Å². The van der Waals surface area contributed by atoms with E-state index in [-0.39, 0.29) is 13.2 Å². The second-order valence-corrected chi connectivity index (χ2v) is 11.3. The highest BCUT2D eigenvalue weighted by Gasteiger charge is 2.32. The van der Waals surface area contributed by atoms with Crippen LogP contribution >= 0.6 is 34.8 Å². The second kappa shape index (κ2) is 16.0. The molecule has 0 bridgehead atoms. The zero-order valence-electron chi connectivity index (χ0n) is 24.4. The number of hydrazone groups is 1. The van der Waals surface area contributed by atoms with E-state index in [1.807, 2.05) is 54.6 Å². The molecule has 11 heteroatoms. The quantitative estimate of drug-likeness (QED) is 0.0531. The number of nitrogens with zero attached hydrogens (tertiary/aromatic N) is 1. The lowest BCUT2D eigenvalue weighted by molar-refractivity contribution is -0.139. The van der Waals surface area contributed by atoms with Gasteiger partial charge in [0.25, 0.3) is 5.91 Å². The van der Waals surface area contributed by atoms with Crippen molar-refractivity contribution in [1.82, 2.24) is 16.1 Å². The van der Waals surface area contributed by atoms with E-state index >= 15 is 0 Å². The van der Waals surface area contributed by atoms with Gasteiger partial charge >= 0.3 is 5.97 Å². The molecule has 9 nitrogen and oxygen atoms in total. The highest BCUT2D eigenvalue weighted by atomic mass is 127. The second-order valence-electron chi connectivity index (χ2n) is 9.69. The zero-order valence-corrected chi connectivity index (χ0v) is 27.4. The zero-order chi connectivity index (χ0) is 31.5. The highest BCUT2D eigenvalue weighted by Crippen LogP contribution is 2.33. The van der Waals surface area contributed by atoms with Crippen molar-refractivity contribution in [3.05, 3.63) is 116 Å². The molecule has 228 valence electrons. The molecule has 0 fully saturated rings. The van der Waals surface area contributed by atoms with E-state index in [1.54, 1.807) is 38.3 Å². The molecule has 1 heterocycles. The van der Waals surface area contributed by atoms with Gasteiger partial charge in [0.2, 0.25) is 0 Å². The number of benzene rings is 3. The number of ether oxygens (including phenoxy) is 3.